The largest absolute Gasteiger partial charge is 0.389 e. The van der Waals surface area contributed by atoms with Crippen LogP contribution in [0.1, 0.15) is 5.56 Å². The first-order chi connectivity index (χ1) is 8.35. The van der Waals surface area contributed by atoms with E-state index in [4.69, 9.17) is 5.73 Å². The van der Waals surface area contributed by atoms with Crippen LogP contribution in [-0.4, -0.2) is 32.8 Å². The molecule has 0 saturated heterocycles. The maximum absolute atomic E-state index is 13.5. The standard InChI is InChI=1S/C10H14FN3O2S2/c1-13-18(15,16)5-4-14-7-2-3-8(10(12)17)9(11)6-7/h2-3,6,13-14H,4-5H2,1H3,(H2,12,17). The fourth-order valence-corrected chi connectivity index (χ4v) is 2.00. The van der Waals surface area contributed by atoms with Crippen molar-refractivity contribution in [3.05, 3.63) is 29.6 Å². The third-order valence-electron chi connectivity index (χ3n) is 2.25. The van der Waals surface area contributed by atoms with Gasteiger partial charge in [0.2, 0.25) is 10.0 Å². The van der Waals surface area contributed by atoms with Gasteiger partial charge in [0.15, 0.2) is 0 Å². The summed E-state index contributed by atoms with van der Waals surface area (Å²) in [6.07, 6.45) is 0. The zero-order chi connectivity index (χ0) is 13.8. The van der Waals surface area contributed by atoms with E-state index in [9.17, 15) is 12.8 Å². The molecule has 4 N–H and O–H groups in total. The lowest BCUT2D eigenvalue weighted by atomic mass is 10.2. The van der Waals surface area contributed by atoms with Gasteiger partial charge in [-0.15, -0.1) is 0 Å². The Bertz CT molecular complexity index is 546. The van der Waals surface area contributed by atoms with Gasteiger partial charge in [0.1, 0.15) is 10.8 Å². The summed E-state index contributed by atoms with van der Waals surface area (Å²) in [7, 11) is -1.93. The van der Waals surface area contributed by atoms with E-state index in [1.807, 2.05) is 0 Å². The normalized spacial score (nSPS) is 11.2. The molecule has 5 nitrogen and oxygen atoms in total. The third kappa shape index (κ3) is 4.21. The molecule has 0 fully saturated rings. The van der Waals surface area contributed by atoms with Gasteiger partial charge in [-0.05, 0) is 25.2 Å². The van der Waals surface area contributed by atoms with E-state index in [2.05, 4.69) is 22.3 Å². The number of nitrogens with two attached hydrogens (primary N) is 1. The Balaban J connectivity index is 2.65. The van der Waals surface area contributed by atoms with E-state index in [-0.39, 0.29) is 22.8 Å². The summed E-state index contributed by atoms with van der Waals surface area (Å²) < 4.78 is 38.0. The summed E-state index contributed by atoms with van der Waals surface area (Å²) in [4.78, 5) is -0.0168. The molecule has 1 rings (SSSR count). The van der Waals surface area contributed by atoms with Crippen LogP contribution in [0.15, 0.2) is 18.2 Å². The Hall–Kier alpha value is -1.25. The molecule has 0 heterocycles. The molecule has 0 unspecified atom stereocenters. The molecule has 18 heavy (non-hydrogen) atoms. The number of anilines is 1. The van der Waals surface area contributed by atoms with Crippen LogP contribution in [0, 0.1) is 5.82 Å². The predicted octanol–water partition coefficient (Wildman–Crippen LogP) is 0.421. The molecule has 100 valence electrons. The van der Waals surface area contributed by atoms with Crippen LogP contribution in [-0.2, 0) is 10.0 Å². The summed E-state index contributed by atoms with van der Waals surface area (Å²) in [5, 5.41) is 2.80. The van der Waals surface area contributed by atoms with Crippen LogP contribution in [0.3, 0.4) is 0 Å². The molecular formula is C10H14FN3O2S2. The summed E-state index contributed by atoms with van der Waals surface area (Å²) in [6.45, 7) is 0.176. The van der Waals surface area contributed by atoms with E-state index in [0.717, 1.165) is 0 Å². The lowest BCUT2D eigenvalue weighted by Gasteiger charge is -2.08. The number of halogens is 1. The lowest BCUT2D eigenvalue weighted by molar-refractivity contribution is 0.588. The minimum Gasteiger partial charge on any atom is -0.389 e. The van der Waals surface area contributed by atoms with Gasteiger partial charge in [0, 0.05) is 17.8 Å². The van der Waals surface area contributed by atoms with Gasteiger partial charge in [0.05, 0.1) is 5.75 Å². The van der Waals surface area contributed by atoms with Crippen molar-refractivity contribution < 1.29 is 12.8 Å². The molecule has 1 aromatic rings. The SMILES string of the molecule is CNS(=O)(=O)CCNc1ccc(C(N)=S)c(F)c1. The molecule has 8 heteroatoms. The van der Waals surface area contributed by atoms with Crippen molar-refractivity contribution in [1.29, 1.82) is 0 Å². The molecule has 0 amide bonds. The highest BCUT2D eigenvalue weighted by molar-refractivity contribution is 7.89. The second kappa shape index (κ2) is 6.07. The second-order valence-electron chi connectivity index (χ2n) is 3.51. The first-order valence-electron chi connectivity index (χ1n) is 5.10. The number of nitrogens with one attached hydrogen (secondary N) is 2. The van der Waals surface area contributed by atoms with Crippen molar-refractivity contribution in [3.63, 3.8) is 0 Å². The van der Waals surface area contributed by atoms with Crippen LogP contribution in [0.4, 0.5) is 10.1 Å². The number of benzene rings is 1. The minimum absolute atomic E-state index is 0.0168. The summed E-state index contributed by atoms with van der Waals surface area (Å²) in [6, 6.07) is 4.26. The van der Waals surface area contributed by atoms with Gasteiger partial charge in [-0.2, -0.15) is 0 Å². The molecule has 0 aliphatic rings. The highest BCUT2D eigenvalue weighted by Gasteiger charge is 2.08. The molecule has 0 bridgehead atoms. The van der Waals surface area contributed by atoms with Crippen molar-refractivity contribution in [3.8, 4) is 0 Å². The van der Waals surface area contributed by atoms with Crippen LogP contribution in [0.25, 0.3) is 0 Å². The zero-order valence-corrected chi connectivity index (χ0v) is 11.4. The van der Waals surface area contributed by atoms with Crippen LogP contribution in [0.2, 0.25) is 0 Å². The van der Waals surface area contributed by atoms with Crippen molar-refractivity contribution in [2.75, 3.05) is 24.7 Å². The molecule has 0 aliphatic carbocycles. The molecule has 0 saturated carbocycles. The minimum atomic E-state index is -3.27. The van der Waals surface area contributed by atoms with Crippen LogP contribution >= 0.6 is 12.2 Å². The van der Waals surface area contributed by atoms with E-state index in [0.29, 0.717) is 5.69 Å². The van der Waals surface area contributed by atoms with Crippen molar-refractivity contribution in [1.82, 2.24) is 4.72 Å². The smallest absolute Gasteiger partial charge is 0.213 e. The maximum atomic E-state index is 13.5. The molecule has 1 aromatic carbocycles. The first-order valence-corrected chi connectivity index (χ1v) is 7.16. The molecular weight excluding hydrogens is 277 g/mol. The maximum Gasteiger partial charge on any atom is 0.213 e. The zero-order valence-electron chi connectivity index (χ0n) is 9.73. The number of hydrogen-bond donors (Lipinski definition) is 3. The van der Waals surface area contributed by atoms with Crippen LogP contribution in [0.5, 0.6) is 0 Å². The van der Waals surface area contributed by atoms with Crippen molar-refractivity contribution >= 4 is 32.9 Å². The van der Waals surface area contributed by atoms with Gasteiger partial charge < -0.3 is 11.1 Å². The average molecular weight is 291 g/mol. The molecule has 0 radical (unpaired) electrons. The quantitative estimate of drug-likeness (QED) is 0.662. The predicted molar refractivity (Wildman–Crippen MR) is 73.6 cm³/mol. The van der Waals surface area contributed by atoms with E-state index >= 15 is 0 Å². The van der Waals surface area contributed by atoms with Crippen molar-refractivity contribution in [2.24, 2.45) is 5.73 Å². The van der Waals surface area contributed by atoms with Gasteiger partial charge in [0.25, 0.3) is 0 Å². The highest BCUT2D eigenvalue weighted by Crippen LogP contribution is 2.14. The molecule has 0 spiro atoms. The molecule has 0 aliphatic heterocycles. The average Bonchev–Trinajstić information content (AvgIpc) is 2.28. The van der Waals surface area contributed by atoms with Gasteiger partial charge in [-0.3, -0.25) is 0 Å². The fourth-order valence-electron chi connectivity index (χ4n) is 1.26. The first kappa shape index (κ1) is 14.8. The summed E-state index contributed by atoms with van der Waals surface area (Å²) in [5.74, 6) is -0.633. The van der Waals surface area contributed by atoms with Gasteiger partial charge >= 0.3 is 0 Å². The van der Waals surface area contributed by atoms with Crippen molar-refractivity contribution in [2.45, 2.75) is 0 Å². The molecule has 0 atom stereocenters. The lowest BCUT2D eigenvalue weighted by Crippen LogP contribution is -2.26. The van der Waals surface area contributed by atoms with E-state index in [1.165, 1.54) is 19.2 Å². The monoisotopic (exact) mass is 291 g/mol. The number of thiocarbonyl (C=S) groups is 1. The Morgan fingerprint density at radius 3 is 2.67 bits per heavy atom. The van der Waals surface area contributed by atoms with Gasteiger partial charge in [-0.25, -0.2) is 17.5 Å². The second-order valence-corrected chi connectivity index (χ2v) is 5.99. The number of sulfonamides is 1. The third-order valence-corrected chi connectivity index (χ3v) is 3.83. The highest BCUT2D eigenvalue weighted by atomic mass is 32.2. The van der Waals surface area contributed by atoms with Crippen LogP contribution < -0.4 is 15.8 Å². The Labute approximate surface area is 111 Å². The number of hydrogen-bond acceptors (Lipinski definition) is 4. The van der Waals surface area contributed by atoms with E-state index < -0.39 is 15.8 Å². The summed E-state index contributed by atoms with van der Waals surface area (Å²) >= 11 is 4.67. The number of rotatable bonds is 6. The topological polar surface area (TPSA) is 84.2 Å². The summed E-state index contributed by atoms with van der Waals surface area (Å²) in [5.41, 5.74) is 5.96. The Morgan fingerprint density at radius 2 is 2.17 bits per heavy atom. The Kier molecular flexibility index (Phi) is 5.00. The molecule has 0 aromatic heterocycles. The van der Waals surface area contributed by atoms with Gasteiger partial charge in [-0.1, -0.05) is 12.2 Å². The Morgan fingerprint density at radius 1 is 1.50 bits per heavy atom. The van der Waals surface area contributed by atoms with E-state index in [1.54, 1.807) is 6.07 Å². The fraction of sp³-hybridized carbons (Fsp3) is 0.300.